The molecule has 0 aliphatic heterocycles. The molecule has 0 N–H and O–H groups in total. The summed E-state index contributed by atoms with van der Waals surface area (Å²) in [4.78, 5) is 0. The first-order chi connectivity index (χ1) is 8.30. The van der Waals surface area contributed by atoms with Gasteiger partial charge in [-0.2, -0.15) is 18.3 Å². The first-order valence-electron chi connectivity index (χ1n) is 5.17. The molecule has 1 heterocycles. The summed E-state index contributed by atoms with van der Waals surface area (Å²) < 4.78 is 39.3. The highest BCUT2D eigenvalue weighted by atomic mass is 35.5. The van der Waals surface area contributed by atoms with E-state index in [1.165, 1.54) is 14.0 Å². The summed E-state index contributed by atoms with van der Waals surface area (Å²) >= 11 is 5.74. The molecule has 0 bridgehead atoms. The van der Waals surface area contributed by atoms with Gasteiger partial charge in [-0.1, -0.05) is 23.7 Å². The number of rotatable bonds is 1. The second-order valence-electron chi connectivity index (χ2n) is 3.95. The predicted molar refractivity (Wildman–Crippen MR) is 63.4 cm³/mol. The molecule has 2 aromatic rings. The van der Waals surface area contributed by atoms with Crippen molar-refractivity contribution in [1.29, 1.82) is 0 Å². The molecule has 1 aromatic heterocycles. The number of alkyl halides is 3. The fraction of sp³-hybridized carbons (Fsp3) is 0.250. The van der Waals surface area contributed by atoms with Crippen molar-refractivity contribution in [2.75, 3.05) is 0 Å². The van der Waals surface area contributed by atoms with E-state index in [0.717, 1.165) is 4.68 Å². The quantitative estimate of drug-likeness (QED) is 0.766. The average molecular weight is 275 g/mol. The van der Waals surface area contributed by atoms with Gasteiger partial charge in [0.05, 0.1) is 5.69 Å². The Balaban J connectivity index is 2.57. The lowest BCUT2D eigenvalue weighted by Gasteiger charge is -2.07. The molecule has 0 aliphatic rings. The van der Waals surface area contributed by atoms with Crippen molar-refractivity contribution in [2.24, 2.45) is 7.05 Å². The topological polar surface area (TPSA) is 17.8 Å². The summed E-state index contributed by atoms with van der Waals surface area (Å²) in [6, 6.07) is 6.55. The molecule has 0 radical (unpaired) electrons. The van der Waals surface area contributed by atoms with Gasteiger partial charge in [-0.3, -0.25) is 4.68 Å². The smallest absolute Gasteiger partial charge is 0.263 e. The minimum absolute atomic E-state index is 0.118. The van der Waals surface area contributed by atoms with Crippen LogP contribution in [0.25, 0.3) is 11.3 Å². The Kier molecular flexibility index (Phi) is 3.11. The van der Waals surface area contributed by atoms with Gasteiger partial charge < -0.3 is 0 Å². The molecule has 2 nitrogen and oxygen atoms in total. The number of hydrogen-bond donors (Lipinski definition) is 0. The van der Waals surface area contributed by atoms with E-state index >= 15 is 0 Å². The van der Waals surface area contributed by atoms with Crippen molar-refractivity contribution in [2.45, 2.75) is 13.1 Å². The van der Waals surface area contributed by atoms with Crippen LogP contribution in [0.2, 0.25) is 5.02 Å². The number of aryl methyl sites for hydroxylation is 1. The molecule has 0 amide bonds. The van der Waals surface area contributed by atoms with Crippen LogP contribution in [0.4, 0.5) is 13.2 Å². The maximum absolute atomic E-state index is 12.8. The molecule has 0 fully saturated rings. The molecule has 96 valence electrons. The van der Waals surface area contributed by atoms with E-state index in [4.69, 9.17) is 11.6 Å². The highest BCUT2D eigenvalue weighted by Crippen LogP contribution is 2.35. The van der Waals surface area contributed by atoms with E-state index in [1.54, 1.807) is 24.3 Å². The van der Waals surface area contributed by atoms with Gasteiger partial charge in [-0.05, 0) is 19.1 Å². The minimum atomic E-state index is -4.41. The van der Waals surface area contributed by atoms with Gasteiger partial charge >= 0.3 is 6.18 Å². The van der Waals surface area contributed by atoms with Crippen LogP contribution in [0, 0.1) is 6.92 Å². The maximum Gasteiger partial charge on any atom is 0.433 e. The predicted octanol–water partition coefficient (Wildman–Crippen LogP) is 4.07. The molecule has 18 heavy (non-hydrogen) atoms. The number of nitrogens with zero attached hydrogens (tertiary/aromatic N) is 2. The van der Waals surface area contributed by atoms with E-state index in [0.29, 0.717) is 16.3 Å². The van der Waals surface area contributed by atoms with Crippen molar-refractivity contribution in [3.05, 3.63) is 40.5 Å². The van der Waals surface area contributed by atoms with Gasteiger partial charge in [0.2, 0.25) is 0 Å². The van der Waals surface area contributed by atoms with Crippen LogP contribution in [-0.2, 0) is 13.2 Å². The van der Waals surface area contributed by atoms with Crippen LogP contribution in [-0.4, -0.2) is 9.78 Å². The summed E-state index contributed by atoms with van der Waals surface area (Å²) in [6.07, 6.45) is -4.41. The Labute approximate surface area is 107 Å². The molecular weight excluding hydrogens is 265 g/mol. The lowest BCUT2D eigenvalue weighted by molar-refractivity contribution is -0.144. The Bertz CT molecular complexity index is 570. The van der Waals surface area contributed by atoms with Gasteiger partial charge in [-0.25, -0.2) is 0 Å². The molecule has 0 unspecified atom stereocenters. The van der Waals surface area contributed by atoms with Crippen molar-refractivity contribution in [3.8, 4) is 11.3 Å². The van der Waals surface area contributed by atoms with Crippen LogP contribution < -0.4 is 0 Å². The Hall–Kier alpha value is -1.49. The van der Waals surface area contributed by atoms with E-state index in [-0.39, 0.29) is 5.56 Å². The zero-order chi connectivity index (χ0) is 13.5. The van der Waals surface area contributed by atoms with Crippen LogP contribution in [0.15, 0.2) is 24.3 Å². The number of hydrogen-bond acceptors (Lipinski definition) is 1. The molecular formula is C12H10ClF3N2. The standard InChI is InChI=1S/C12H10ClF3N2/c1-7-10(8-3-5-9(13)6-4-8)17-18(2)11(7)12(14,15)16/h3-6H,1-2H3. The third-order valence-electron chi connectivity index (χ3n) is 2.67. The fourth-order valence-corrected chi connectivity index (χ4v) is 2.03. The fourth-order valence-electron chi connectivity index (χ4n) is 1.91. The van der Waals surface area contributed by atoms with E-state index in [1.807, 2.05) is 0 Å². The zero-order valence-corrected chi connectivity index (χ0v) is 10.5. The summed E-state index contributed by atoms with van der Waals surface area (Å²) in [6.45, 7) is 1.42. The Morgan fingerprint density at radius 1 is 1.17 bits per heavy atom. The number of halogens is 4. The normalized spacial score (nSPS) is 11.9. The van der Waals surface area contributed by atoms with E-state index < -0.39 is 11.9 Å². The molecule has 0 saturated heterocycles. The molecule has 2 rings (SSSR count). The molecule has 0 spiro atoms. The van der Waals surface area contributed by atoms with E-state index in [2.05, 4.69) is 5.10 Å². The van der Waals surface area contributed by atoms with Crippen LogP contribution >= 0.6 is 11.6 Å². The molecule has 0 aliphatic carbocycles. The summed E-state index contributed by atoms with van der Waals surface area (Å²) in [5.74, 6) is 0. The SMILES string of the molecule is Cc1c(-c2ccc(Cl)cc2)nn(C)c1C(F)(F)F. The Morgan fingerprint density at radius 2 is 1.72 bits per heavy atom. The van der Waals surface area contributed by atoms with Crippen LogP contribution in [0.1, 0.15) is 11.3 Å². The second kappa shape index (κ2) is 4.31. The molecule has 0 atom stereocenters. The number of benzene rings is 1. The average Bonchev–Trinajstić information content (AvgIpc) is 2.54. The molecule has 0 saturated carbocycles. The van der Waals surface area contributed by atoms with Gasteiger partial charge in [0.1, 0.15) is 5.69 Å². The van der Waals surface area contributed by atoms with Crippen molar-refractivity contribution in [1.82, 2.24) is 9.78 Å². The van der Waals surface area contributed by atoms with Gasteiger partial charge in [0, 0.05) is 23.2 Å². The van der Waals surface area contributed by atoms with E-state index in [9.17, 15) is 13.2 Å². The number of aromatic nitrogens is 2. The van der Waals surface area contributed by atoms with Gasteiger partial charge in [-0.15, -0.1) is 0 Å². The lowest BCUT2D eigenvalue weighted by atomic mass is 10.1. The maximum atomic E-state index is 12.8. The zero-order valence-electron chi connectivity index (χ0n) is 9.72. The highest BCUT2D eigenvalue weighted by molar-refractivity contribution is 6.30. The van der Waals surface area contributed by atoms with Crippen LogP contribution in [0.3, 0.4) is 0 Å². The summed E-state index contributed by atoms with van der Waals surface area (Å²) in [5, 5.41) is 4.46. The third-order valence-corrected chi connectivity index (χ3v) is 2.92. The third kappa shape index (κ3) is 2.22. The molecule has 1 aromatic carbocycles. The highest BCUT2D eigenvalue weighted by Gasteiger charge is 2.37. The second-order valence-corrected chi connectivity index (χ2v) is 4.39. The first kappa shape index (κ1) is 13.0. The van der Waals surface area contributed by atoms with Crippen molar-refractivity contribution < 1.29 is 13.2 Å². The summed E-state index contributed by atoms with van der Waals surface area (Å²) in [7, 11) is 1.29. The largest absolute Gasteiger partial charge is 0.433 e. The van der Waals surface area contributed by atoms with Gasteiger partial charge in [0.25, 0.3) is 0 Å². The van der Waals surface area contributed by atoms with Crippen LogP contribution in [0.5, 0.6) is 0 Å². The first-order valence-corrected chi connectivity index (χ1v) is 5.55. The molecule has 6 heteroatoms. The van der Waals surface area contributed by atoms with Crippen molar-refractivity contribution in [3.63, 3.8) is 0 Å². The Morgan fingerprint density at radius 3 is 2.17 bits per heavy atom. The van der Waals surface area contributed by atoms with Crippen molar-refractivity contribution >= 4 is 11.6 Å². The monoisotopic (exact) mass is 274 g/mol. The lowest BCUT2D eigenvalue weighted by Crippen LogP contribution is -2.13. The van der Waals surface area contributed by atoms with Gasteiger partial charge in [0.15, 0.2) is 0 Å². The minimum Gasteiger partial charge on any atom is -0.263 e. The summed E-state index contributed by atoms with van der Waals surface area (Å²) in [5.41, 5.74) is 0.323.